The van der Waals surface area contributed by atoms with E-state index in [9.17, 15) is 13.6 Å². The summed E-state index contributed by atoms with van der Waals surface area (Å²) in [5.41, 5.74) is 0.0528. The standard InChI is InChI=1S/C27H44F2O/c1-17(2)7-6-8-18(3)21-11-12-22-20-10-9-19-15-24(30)27(28,29)16-26(19,5)23(20)13-14-25(21,22)4/h17-23H,6-16H2,1-5H3/t18-,19+,20+,21-,22+,23+,25-,26+/m1/s1. The molecule has 4 rings (SSSR count). The molecule has 1 nitrogen and oxygen atoms in total. The summed E-state index contributed by atoms with van der Waals surface area (Å²) in [4.78, 5) is 12.0. The Hall–Kier alpha value is -0.470. The highest BCUT2D eigenvalue weighted by molar-refractivity contribution is 5.86. The number of carbonyl (C=O) groups is 1. The van der Waals surface area contributed by atoms with Gasteiger partial charge in [-0.1, -0.05) is 53.9 Å². The van der Waals surface area contributed by atoms with Crippen LogP contribution in [0.25, 0.3) is 0 Å². The number of hydrogen-bond acceptors (Lipinski definition) is 1. The van der Waals surface area contributed by atoms with E-state index in [1.165, 1.54) is 44.9 Å². The number of fused-ring (bicyclic) bond motifs is 5. The van der Waals surface area contributed by atoms with Crippen molar-refractivity contribution in [1.82, 2.24) is 0 Å². The van der Waals surface area contributed by atoms with Gasteiger partial charge in [0.05, 0.1) is 0 Å². The molecule has 4 fully saturated rings. The monoisotopic (exact) mass is 422 g/mol. The summed E-state index contributed by atoms with van der Waals surface area (Å²) in [6.07, 6.45) is 11.0. The Morgan fingerprint density at radius 2 is 1.63 bits per heavy atom. The number of Topliss-reactive ketones (excluding diaryl/α,β-unsaturated/α-hetero) is 1. The van der Waals surface area contributed by atoms with Gasteiger partial charge in [0.15, 0.2) is 0 Å². The molecular weight excluding hydrogens is 378 g/mol. The summed E-state index contributed by atoms with van der Waals surface area (Å²) in [6.45, 7) is 11.8. The topological polar surface area (TPSA) is 17.1 Å². The fraction of sp³-hybridized carbons (Fsp3) is 0.963. The molecule has 8 atom stereocenters. The molecule has 0 saturated heterocycles. The summed E-state index contributed by atoms with van der Waals surface area (Å²) in [7, 11) is 0. The zero-order chi connectivity index (χ0) is 21.9. The second-order valence-corrected chi connectivity index (χ2v) is 12.7. The van der Waals surface area contributed by atoms with E-state index in [4.69, 9.17) is 0 Å². The molecule has 0 aromatic heterocycles. The minimum Gasteiger partial charge on any atom is -0.293 e. The third-order valence-corrected chi connectivity index (χ3v) is 10.7. The van der Waals surface area contributed by atoms with Gasteiger partial charge in [-0.3, -0.25) is 4.79 Å². The van der Waals surface area contributed by atoms with Crippen molar-refractivity contribution in [2.24, 2.45) is 52.3 Å². The molecule has 4 aliphatic rings. The largest absolute Gasteiger partial charge is 0.305 e. The molecule has 0 bridgehead atoms. The number of alkyl halides is 2. The van der Waals surface area contributed by atoms with Gasteiger partial charge in [0.1, 0.15) is 0 Å². The highest BCUT2D eigenvalue weighted by Crippen LogP contribution is 2.69. The van der Waals surface area contributed by atoms with Crippen molar-refractivity contribution in [1.29, 1.82) is 0 Å². The van der Waals surface area contributed by atoms with E-state index in [-0.39, 0.29) is 24.2 Å². The third kappa shape index (κ3) is 3.58. The summed E-state index contributed by atoms with van der Waals surface area (Å²) < 4.78 is 29.0. The van der Waals surface area contributed by atoms with Gasteiger partial charge in [-0.15, -0.1) is 0 Å². The Morgan fingerprint density at radius 3 is 2.33 bits per heavy atom. The molecule has 0 spiro atoms. The number of ketones is 1. The molecule has 30 heavy (non-hydrogen) atoms. The highest BCUT2D eigenvalue weighted by Gasteiger charge is 2.64. The van der Waals surface area contributed by atoms with E-state index < -0.39 is 11.7 Å². The average molecular weight is 423 g/mol. The van der Waals surface area contributed by atoms with Crippen LogP contribution in [0.4, 0.5) is 8.78 Å². The van der Waals surface area contributed by atoms with Crippen LogP contribution < -0.4 is 0 Å². The van der Waals surface area contributed by atoms with Gasteiger partial charge in [0.25, 0.3) is 0 Å². The van der Waals surface area contributed by atoms with E-state index >= 15 is 0 Å². The molecule has 0 aromatic rings. The van der Waals surface area contributed by atoms with Crippen molar-refractivity contribution in [3.8, 4) is 0 Å². The van der Waals surface area contributed by atoms with Crippen LogP contribution in [0.3, 0.4) is 0 Å². The molecule has 3 heteroatoms. The van der Waals surface area contributed by atoms with Gasteiger partial charge in [-0.2, -0.15) is 8.78 Å². The van der Waals surface area contributed by atoms with Gasteiger partial charge in [-0.05, 0) is 90.8 Å². The third-order valence-electron chi connectivity index (χ3n) is 10.7. The molecular formula is C27H44F2O. The van der Waals surface area contributed by atoms with Crippen LogP contribution >= 0.6 is 0 Å². The zero-order valence-corrected chi connectivity index (χ0v) is 20.0. The molecule has 4 aliphatic carbocycles. The van der Waals surface area contributed by atoms with Crippen molar-refractivity contribution < 1.29 is 13.6 Å². The summed E-state index contributed by atoms with van der Waals surface area (Å²) >= 11 is 0. The Balaban J connectivity index is 1.50. The van der Waals surface area contributed by atoms with Gasteiger partial charge in [-0.25, -0.2) is 0 Å². The lowest BCUT2D eigenvalue weighted by molar-refractivity contribution is -0.183. The predicted molar refractivity (Wildman–Crippen MR) is 118 cm³/mol. The summed E-state index contributed by atoms with van der Waals surface area (Å²) in [5, 5.41) is 0. The van der Waals surface area contributed by atoms with Crippen LogP contribution in [-0.4, -0.2) is 11.7 Å². The van der Waals surface area contributed by atoms with Crippen molar-refractivity contribution in [2.75, 3.05) is 0 Å². The van der Waals surface area contributed by atoms with E-state index in [0.717, 1.165) is 30.6 Å². The Bertz CT molecular complexity index is 657. The summed E-state index contributed by atoms with van der Waals surface area (Å²) in [6, 6.07) is 0. The fourth-order valence-corrected chi connectivity index (χ4v) is 9.12. The van der Waals surface area contributed by atoms with Gasteiger partial charge >= 0.3 is 5.92 Å². The predicted octanol–water partition coefficient (Wildman–Crippen LogP) is 7.92. The maximum absolute atomic E-state index is 14.5. The zero-order valence-electron chi connectivity index (χ0n) is 20.0. The summed E-state index contributed by atoms with van der Waals surface area (Å²) in [5.74, 6) is 0.354. The SMILES string of the molecule is CC(C)CCC[C@@H](C)[C@H]1CC[C@H]2[C@@H]3CC[C@H]4CC(=O)C(F)(F)C[C@]4(C)[C@H]3CC[C@]12C. The molecule has 172 valence electrons. The number of hydrogen-bond donors (Lipinski definition) is 0. The maximum atomic E-state index is 14.5. The van der Waals surface area contributed by atoms with E-state index in [1.54, 1.807) is 0 Å². The lowest BCUT2D eigenvalue weighted by Crippen LogP contribution is -2.57. The van der Waals surface area contributed by atoms with E-state index in [1.807, 2.05) is 0 Å². The molecule has 0 unspecified atom stereocenters. The first-order valence-corrected chi connectivity index (χ1v) is 12.9. The van der Waals surface area contributed by atoms with Crippen LogP contribution in [0.15, 0.2) is 0 Å². The van der Waals surface area contributed by atoms with Gasteiger partial charge < -0.3 is 0 Å². The minimum absolute atomic E-state index is 0.115. The van der Waals surface area contributed by atoms with Crippen LogP contribution in [0.1, 0.15) is 105 Å². The van der Waals surface area contributed by atoms with Crippen molar-refractivity contribution in [3.63, 3.8) is 0 Å². The molecule has 0 aliphatic heterocycles. The molecule has 0 amide bonds. The molecule has 4 saturated carbocycles. The average Bonchev–Trinajstić information content (AvgIpc) is 2.99. The van der Waals surface area contributed by atoms with Crippen molar-refractivity contribution in [3.05, 3.63) is 0 Å². The lowest BCUT2D eigenvalue weighted by Gasteiger charge is -2.61. The maximum Gasteiger partial charge on any atom is 0.305 e. The van der Waals surface area contributed by atoms with Crippen molar-refractivity contribution >= 4 is 5.78 Å². The molecule has 0 N–H and O–H groups in total. The normalized spacial score (nSPS) is 46.3. The lowest BCUT2D eigenvalue weighted by atomic mass is 9.44. The quantitative estimate of drug-likeness (QED) is 0.440. The van der Waals surface area contributed by atoms with E-state index in [0.29, 0.717) is 23.2 Å². The fourth-order valence-electron chi connectivity index (χ4n) is 9.12. The van der Waals surface area contributed by atoms with Crippen LogP contribution in [0.2, 0.25) is 0 Å². The smallest absolute Gasteiger partial charge is 0.293 e. The van der Waals surface area contributed by atoms with Crippen LogP contribution in [0, 0.1) is 52.3 Å². The first kappa shape index (κ1) is 22.7. The molecule has 0 heterocycles. The Morgan fingerprint density at radius 1 is 0.933 bits per heavy atom. The number of rotatable bonds is 5. The van der Waals surface area contributed by atoms with Gasteiger partial charge in [0.2, 0.25) is 5.78 Å². The number of halogens is 2. The second-order valence-electron chi connectivity index (χ2n) is 12.7. The first-order chi connectivity index (χ1) is 14.0. The Labute approximate surface area is 183 Å². The van der Waals surface area contributed by atoms with Crippen molar-refractivity contribution in [2.45, 2.75) is 111 Å². The molecule has 0 radical (unpaired) electrons. The highest BCUT2D eigenvalue weighted by atomic mass is 19.3. The van der Waals surface area contributed by atoms with Gasteiger partial charge in [0, 0.05) is 12.8 Å². The van der Waals surface area contributed by atoms with E-state index in [2.05, 4.69) is 34.6 Å². The second kappa shape index (κ2) is 7.84. The number of carbonyl (C=O) groups excluding carboxylic acids is 1. The first-order valence-electron chi connectivity index (χ1n) is 12.9. The van der Waals surface area contributed by atoms with Crippen LogP contribution in [-0.2, 0) is 4.79 Å². The Kier molecular flexibility index (Phi) is 5.93. The van der Waals surface area contributed by atoms with Crippen LogP contribution in [0.5, 0.6) is 0 Å². The molecule has 0 aromatic carbocycles. The minimum atomic E-state index is -3.10.